The monoisotopic (exact) mass is 242 g/mol. The number of hydrogen-bond donors (Lipinski definition) is 1. The molecule has 0 radical (unpaired) electrons. The fourth-order valence-corrected chi connectivity index (χ4v) is 2.69. The van der Waals surface area contributed by atoms with Gasteiger partial charge >= 0.3 is 0 Å². The van der Waals surface area contributed by atoms with Crippen LogP contribution < -0.4 is 5.32 Å². The van der Waals surface area contributed by atoms with Crippen LogP contribution in [0.3, 0.4) is 0 Å². The molecule has 0 bridgehead atoms. The molecule has 2 atom stereocenters. The summed E-state index contributed by atoms with van der Waals surface area (Å²) in [7, 11) is 2.16. The van der Waals surface area contributed by atoms with Gasteiger partial charge in [-0.2, -0.15) is 0 Å². The van der Waals surface area contributed by atoms with Gasteiger partial charge in [-0.1, -0.05) is 0 Å². The predicted octanol–water partition coefficient (Wildman–Crippen LogP) is 0.722. The van der Waals surface area contributed by atoms with Crippen molar-refractivity contribution < 1.29 is 9.47 Å². The standard InChI is InChI=1S/C13H26N2O2/c1-11(12-3-6-16-7-4-12)14-9-13-10-15(2)5-8-17-13/h11-14H,3-10H2,1-2H3. The maximum Gasteiger partial charge on any atom is 0.0826 e. The van der Waals surface area contributed by atoms with E-state index in [-0.39, 0.29) is 0 Å². The molecule has 2 unspecified atom stereocenters. The Hall–Kier alpha value is -0.160. The summed E-state index contributed by atoms with van der Waals surface area (Å²) in [4.78, 5) is 2.34. The largest absolute Gasteiger partial charge is 0.381 e. The Kier molecular flexibility index (Phi) is 5.22. The van der Waals surface area contributed by atoms with Gasteiger partial charge in [-0.25, -0.2) is 0 Å². The predicted molar refractivity (Wildman–Crippen MR) is 68.2 cm³/mol. The minimum Gasteiger partial charge on any atom is -0.381 e. The van der Waals surface area contributed by atoms with E-state index >= 15 is 0 Å². The van der Waals surface area contributed by atoms with Gasteiger partial charge in [-0.3, -0.25) is 0 Å². The lowest BCUT2D eigenvalue weighted by atomic mass is 9.93. The van der Waals surface area contributed by atoms with Crippen LogP contribution in [-0.2, 0) is 9.47 Å². The number of nitrogens with zero attached hydrogens (tertiary/aromatic N) is 1. The molecule has 0 aromatic carbocycles. The van der Waals surface area contributed by atoms with Crippen LogP contribution in [0.2, 0.25) is 0 Å². The van der Waals surface area contributed by atoms with Gasteiger partial charge in [0, 0.05) is 38.9 Å². The topological polar surface area (TPSA) is 33.7 Å². The van der Waals surface area contributed by atoms with Crippen molar-refractivity contribution in [3.8, 4) is 0 Å². The molecule has 17 heavy (non-hydrogen) atoms. The Balaban J connectivity index is 1.66. The summed E-state index contributed by atoms with van der Waals surface area (Å²) in [5.41, 5.74) is 0. The highest BCUT2D eigenvalue weighted by Gasteiger charge is 2.22. The number of likely N-dealkylation sites (N-methyl/N-ethyl adjacent to an activating group) is 1. The summed E-state index contributed by atoms with van der Waals surface area (Å²) in [6, 6.07) is 0.578. The van der Waals surface area contributed by atoms with Gasteiger partial charge in [0.05, 0.1) is 12.7 Å². The summed E-state index contributed by atoms with van der Waals surface area (Å²) in [6.07, 6.45) is 2.75. The van der Waals surface area contributed by atoms with Crippen molar-refractivity contribution in [3.63, 3.8) is 0 Å². The molecule has 4 nitrogen and oxygen atoms in total. The fraction of sp³-hybridized carbons (Fsp3) is 1.00. The SMILES string of the molecule is CC(NCC1CN(C)CCO1)C1CCOCC1. The van der Waals surface area contributed by atoms with Crippen LogP contribution in [-0.4, -0.2) is 63.5 Å². The van der Waals surface area contributed by atoms with E-state index in [4.69, 9.17) is 9.47 Å². The minimum absolute atomic E-state index is 0.357. The molecule has 1 N–H and O–H groups in total. The quantitative estimate of drug-likeness (QED) is 0.788. The van der Waals surface area contributed by atoms with Crippen LogP contribution in [0.4, 0.5) is 0 Å². The first-order chi connectivity index (χ1) is 8.25. The lowest BCUT2D eigenvalue weighted by molar-refractivity contribution is -0.0212. The lowest BCUT2D eigenvalue weighted by Gasteiger charge is -2.33. The second kappa shape index (κ2) is 6.69. The zero-order valence-corrected chi connectivity index (χ0v) is 11.2. The molecule has 2 aliphatic heterocycles. The second-order valence-corrected chi connectivity index (χ2v) is 5.40. The highest BCUT2D eigenvalue weighted by Crippen LogP contribution is 2.18. The zero-order chi connectivity index (χ0) is 12.1. The maximum atomic E-state index is 5.76. The van der Waals surface area contributed by atoms with E-state index in [1.165, 1.54) is 12.8 Å². The first-order valence-corrected chi connectivity index (χ1v) is 6.87. The molecule has 0 aromatic heterocycles. The molecule has 2 rings (SSSR count). The number of hydrogen-bond acceptors (Lipinski definition) is 4. The average Bonchev–Trinajstić information content (AvgIpc) is 2.37. The van der Waals surface area contributed by atoms with Gasteiger partial charge in [0.25, 0.3) is 0 Å². The summed E-state index contributed by atoms with van der Waals surface area (Å²) in [6.45, 7) is 8.11. The Morgan fingerprint density at radius 3 is 2.76 bits per heavy atom. The van der Waals surface area contributed by atoms with E-state index in [0.29, 0.717) is 12.1 Å². The normalized spacial score (nSPS) is 30.4. The van der Waals surface area contributed by atoms with Crippen molar-refractivity contribution >= 4 is 0 Å². The van der Waals surface area contributed by atoms with E-state index in [1.54, 1.807) is 0 Å². The van der Waals surface area contributed by atoms with Gasteiger partial charge in [-0.15, -0.1) is 0 Å². The van der Waals surface area contributed by atoms with Crippen LogP contribution in [0.25, 0.3) is 0 Å². The highest BCUT2D eigenvalue weighted by atomic mass is 16.5. The summed E-state index contributed by atoms with van der Waals surface area (Å²) >= 11 is 0. The molecule has 2 saturated heterocycles. The Labute approximate surface area is 105 Å². The Morgan fingerprint density at radius 1 is 1.29 bits per heavy atom. The highest BCUT2D eigenvalue weighted by molar-refractivity contribution is 4.78. The van der Waals surface area contributed by atoms with E-state index in [9.17, 15) is 0 Å². The fourth-order valence-electron chi connectivity index (χ4n) is 2.69. The van der Waals surface area contributed by atoms with Crippen LogP contribution >= 0.6 is 0 Å². The van der Waals surface area contributed by atoms with E-state index in [0.717, 1.165) is 45.4 Å². The first-order valence-electron chi connectivity index (χ1n) is 6.87. The molecular formula is C13H26N2O2. The van der Waals surface area contributed by atoms with Crippen LogP contribution in [0.5, 0.6) is 0 Å². The third kappa shape index (κ3) is 4.21. The Bertz CT molecular complexity index is 219. The third-order valence-corrected chi connectivity index (χ3v) is 3.98. The van der Waals surface area contributed by atoms with Gasteiger partial charge in [0.15, 0.2) is 0 Å². The molecule has 0 spiro atoms. The molecular weight excluding hydrogens is 216 g/mol. The number of ether oxygens (including phenoxy) is 2. The molecule has 0 aliphatic carbocycles. The smallest absolute Gasteiger partial charge is 0.0826 e. The summed E-state index contributed by atoms with van der Waals surface area (Å²) in [5.74, 6) is 0.769. The molecule has 2 fully saturated rings. The molecule has 0 aromatic rings. The van der Waals surface area contributed by atoms with E-state index in [1.807, 2.05) is 0 Å². The molecule has 100 valence electrons. The van der Waals surface area contributed by atoms with Gasteiger partial charge in [0.2, 0.25) is 0 Å². The molecule has 2 heterocycles. The summed E-state index contributed by atoms with van der Waals surface area (Å²) in [5, 5.41) is 3.64. The van der Waals surface area contributed by atoms with E-state index in [2.05, 4.69) is 24.2 Å². The number of morpholine rings is 1. The average molecular weight is 242 g/mol. The first kappa shape index (κ1) is 13.3. The lowest BCUT2D eigenvalue weighted by Crippen LogP contribution is -2.48. The minimum atomic E-state index is 0.357. The molecule has 0 saturated carbocycles. The molecule has 2 aliphatic rings. The zero-order valence-electron chi connectivity index (χ0n) is 11.2. The van der Waals surface area contributed by atoms with Crippen molar-refractivity contribution in [2.45, 2.75) is 31.9 Å². The van der Waals surface area contributed by atoms with Crippen molar-refractivity contribution in [3.05, 3.63) is 0 Å². The van der Waals surface area contributed by atoms with Gasteiger partial charge in [0.1, 0.15) is 0 Å². The molecule has 4 heteroatoms. The Morgan fingerprint density at radius 2 is 2.06 bits per heavy atom. The molecule has 0 amide bonds. The second-order valence-electron chi connectivity index (χ2n) is 5.40. The summed E-state index contributed by atoms with van der Waals surface area (Å²) < 4.78 is 11.2. The van der Waals surface area contributed by atoms with Crippen LogP contribution in [0, 0.1) is 5.92 Å². The number of rotatable bonds is 4. The van der Waals surface area contributed by atoms with Gasteiger partial charge < -0.3 is 19.7 Å². The number of nitrogens with one attached hydrogen (secondary N) is 1. The van der Waals surface area contributed by atoms with Crippen molar-refractivity contribution in [1.29, 1.82) is 0 Å². The van der Waals surface area contributed by atoms with Crippen molar-refractivity contribution in [2.24, 2.45) is 5.92 Å². The van der Waals surface area contributed by atoms with Crippen LogP contribution in [0.1, 0.15) is 19.8 Å². The van der Waals surface area contributed by atoms with Gasteiger partial charge in [-0.05, 0) is 32.7 Å². The van der Waals surface area contributed by atoms with Crippen molar-refractivity contribution in [1.82, 2.24) is 10.2 Å². The van der Waals surface area contributed by atoms with Crippen LogP contribution in [0.15, 0.2) is 0 Å². The van der Waals surface area contributed by atoms with E-state index < -0.39 is 0 Å². The van der Waals surface area contributed by atoms with Crippen molar-refractivity contribution in [2.75, 3.05) is 46.5 Å². The maximum absolute atomic E-state index is 5.76. The third-order valence-electron chi connectivity index (χ3n) is 3.98.